The summed E-state index contributed by atoms with van der Waals surface area (Å²) in [5.41, 5.74) is 3.73. The van der Waals surface area contributed by atoms with Crippen molar-refractivity contribution in [2.45, 2.75) is 39.5 Å². The van der Waals surface area contributed by atoms with Crippen LogP contribution < -0.4 is 10.0 Å². The predicted molar refractivity (Wildman–Crippen MR) is 115 cm³/mol. The van der Waals surface area contributed by atoms with Gasteiger partial charge in [-0.25, -0.2) is 13.4 Å². The number of rotatable bonds is 5. The van der Waals surface area contributed by atoms with Crippen LogP contribution >= 0.6 is 11.3 Å². The van der Waals surface area contributed by atoms with E-state index in [9.17, 15) is 13.2 Å². The van der Waals surface area contributed by atoms with Crippen molar-refractivity contribution in [3.8, 4) is 0 Å². The second kappa shape index (κ2) is 7.52. The zero-order chi connectivity index (χ0) is 20.6. The number of hydrogen-bond donors (Lipinski definition) is 2. The Labute approximate surface area is 169 Å². The molecule has 0 spiro atoms. The number of benzene rings is 2. The number of amides is 1. The summed E-state index contributed by atoms with van der Waals surface area (Å²) in [5.74, 6) is -0.249. The van der Waals surface area contributed by atoms with Crippen molar-refractivity contribution in [2.75, 3.05) is 10.0 Å². The van der Waals surface area contributed by atoms with Crippen LogP contribution in [0.2, 0.25) is 0 Å². The number of sulfonamides is 1. The van der Waals surface area contributed by atoms with E-state index in [0.29, 0.717) is 21.9 Å². The Hall–Kier alpha value is -2.45. The van der Waals surface area contributed by atoms with Crippen LogP contribution in [0.25, 0.3) is 10.2 Å². The summed E-state index contributed by atoms with van der Waals surface area (Å²) >= 11 is 1.35. The second-order valence-electron chi connectivity index (χ2n) is 7.15. The molecule has 0 aliphatic rings. The van der Waals surface area contributed by atoms with Gasteiger partial charge in [0.25, 0.3) is 10.0 Å². The third-order valence-corrected chi connectivity index (χ3v) is 6.95. The molecule has 6 nitrogen and oxygen atoms in total. The van der Waals surface area contributed by atoms with Gasteiger partial charge in [-0.1, -0.05) is 31.3 Å². The molecule has 148 valence electrons. The summed E-state index contributed by atoms with van der Waals surface area (Å²) in [7, 11) is -3.72. The molecule has 1 amide bonds. The van der Waals surface area contributed by atoms with E-state index in [-0.39, 0.29) is 16.7 Å². The summed E-state index contributed by atoms with van der Waals surface area (Å²) in [5, 5.41) is 3.27. The van der Waals surface area contributed by atoms with E-state index in [2.05, 4.69) is 15.0 Å². The lowest BCUT2D eigenvalue weighted by Gasteiger charge is -2.12. The smallest absolute Gasteiger partial charge is 0.262 e. The maximum atomic E-state index is 12.9. The largest absolute Gasteiger partial charge is 0.302 e. The van der Waals surface area contributed by atoms with Crippen LogP contribution in [-0.2, 0) is 14.8 Å². The molecule has 0 radical (unpaired) electrons. The SMILES string of the molecule is Cc1cc(C)c(S(=O)(=O)Nc2ccc3sc(NC(=O)C(C)C)nc3c2)cc1C. The highest BCUT2D eigenvalue weighted by molar-refractivity contribution is 7.92. The highest BCUT2D eigenvalue weighted by Gasteiger charge is 2.19. The number of aromatic nitrogens is 1. The molecule has 28 heavy (non-hydrogen) atoms. The van der Waals surface area contributed by atoms with Crippen molar-refractivity contribution in [3.05, 3.63) is 47.0 Å². The summed E-state index contributed by atoms with van der Waals surface area (Å²) in [6, 6.07) is 8.72. The molecule has 0 aliphatic heterocycles. The van der Waals surface area contributed by atoms with Crippen LogP contribution in [0.1, 0.15) is 30.5 Å². The van der Waals surface area contributed by atoms with Gasteiger partial charge < -0.3 is 5.32 Å². The van der Waals surface area contributed by atoms with Gasteiger partial charge in [-0.05, 0) is 61.7 Å². The minimum absolute atomic E-state index is 0.106. The van der Waals surface area contributed by atoms with Crippen LogP contribution in [0.4, 0.5) is 10.8 Å². The Kier molecular flexibility index (Phi) is 5.45. The van der Waals surface area contributed by atoms with Gasteiger partial charge >= 0.3 is 0 Å². The number of nitrogens with zero attached hydrogens (tertiary/aromatic N) is 1. The molecule has 0 saturated heterocycles. The van der Waals surface area contributed by atoms with Gasteiger partial charge in [0.15, 0.2) is 5.13 Å². The molecular formula is C20H23N3O3S2. The number of carbonyl (C=O) groups is 1. The van der Waals surface area contributed by atoms with Crippen LogP contribution in [0.3, 0.4) is 0 Å². The lowest BCUT2D eigenvalue weighted by Crippen LogP contribution is -2.17. The van der Waals surface area contributed by atoms with Crippen molar-refractivity contribution in [3.63, 3.8) is 0 Å². The molecule has 0 bridgehead atoms. The molecule has 1 aromatic heterocycles. The van der Waals surface area contributed by atoms with Crippen molar-refractivity contribution >= 4 is 48.3 Å². The van der Waals surface area contributed by atoms with Gasteiger partial charge in [0.1, 0.15) is 0 Å². The van der Waals surface area contributed by atoms with Crippen LogP contribution in [0.5, 0.6) is 0 Å². The molecule has 0 saturated carbocycles. The number of aryl methyl sites for hydroxylation is 3. The topological polar surface area (TPSA) is 88.2 Å². The quantitative estimate of drug-likeness (QED) is 0.634. The Morgan fingerprint density at radius 1 is 1.04 bits per heavy atom. The zero-order valence-corrected chi connectivity index (χ0v) is 18.1. The van der Waals surface area contributed by atoms with E-state index < -0.39 is 10.0 Å². The highest BCUT2D eigenvalue weighted by Crippen LogP contribution is 2.30. The number of thiazole rings is 1. The fraction of sp³-hybridized carbons (Fsp3) is 0.300. The van der Waals surface area contributed by atoms with Crippen molar-refractivity contribution in [2.24, 2.45) is 5.92 Å². The summed E-state index contributed by atoms with van der Waals surface area (Å²) < 4.78 is 29.2. The van der Waals surface area contributed by atoms with Gasteiger partial charge in [0.2, 0.25) is 5.91 Å². The first kappa shape index (κ1) is 20.3. The van der Waals surface area contributed by atoms with Crippen LogP contribution in [0.15, 0.2) is 35.2 Å². The standard InChI is InChI=1S/C20H23N3O3S2/c1-11(2)19(24)22-20-21-16-10-15(6-7-17(16)27-20)23-28(25,26)18-9-13(4)12(3)8-14(18)5/h6-11,23H,1-5H3,(H,21,22,24). The van der Waals surface area contributed by atoms with E-state index in [1.165, 1.54) is 11.3 Å². The first-order valence-electron chi connectivity index (χ1n) is 8.89. The van der Waals surface area contributed by atoms with Crippen molar-refractivity contribution in [1.29, 1.82) is 0 Å². The number of hydrogen-bond acceptors (Lipinski definition) is 5. The molecule has 2 aromatic carbocycles. The van der Waals surface area contributed by atoms with Gasteiger partial charge in [0, 0.05) is 5.92 Å². The Morgan fingerprint density at radius 2 is 1.71 bits per heavy atom. The van der Waals surface area contributed by atoms with Gasteiger partial charge in [-0.3, -0.25) is 9.52 Å². The van der Waals surface area contributed by atoms with Crippen molar-refractivity contribution < 1.29 is 13.2 Å². The lowest BCUT2D eigenvalue weighted by atomic mass is 10.1. The Balaban J connectivity index is 1.90. The number of anilines is 2. The molecule has 8 heteroatoms. The maximum Gasteiger partial charge on any atom is 0.262 e. The van der Waals surface area contributed by atoms with E-state index in [1.54, 1.807) is 31.2 Å². The highest BCUT2D eigenvalue weighted by atomic mass is 32.2. The molecule has 2 N–H and O–H groups in total. The molecule has 0 atom stereocenters. The van der Waals surface area contributed by atoms with Gasteiger partial charge in [-0.15, -0.1) is 0 Å². The molecule has 3 aromatic rings. The minimum Gasteiger partial charge on any atom is -0.302 e. The summed E-state index contributed by atoms with van der Waals surface area (Å²) in [6.45, 7) is 9.25. The monoisotopic (exact) mass is 417 g/mol. The molecule has 0 fully saturated rings. The Bertz CT molecular complexity index is 1160. The Morgan fingerprint density at radius 3 is 2.39 bits per heavy atom. The lowest BCUT2D eigenvalue weighted by molar-refractivity contribution is -0.118. The molecule has 0 unspecified atom stereocenters. The first-order chi connectivity index (χ1) is 13.1. The van der Waals surface area contributed by atoms with E-state index in [4.69, 9.17) is 0 Å². The molecule has 3 rings (SSSR count). The van der Waals surface area contributed by atoms with E-state index in [0.717, 1.165) is 15.8 Å². The van der Waals surface area contributed by atoms with Gasteiger partial charge in [-0.2, -0.15) is 0 Å². The first-order valence-corrected chi connectivity index (χ1v) is 11.2. The zero-order valence-electron chi connectivity index (χ0n) is 16.5. The number of nitrogens with one attached hydrogen (secondary N) is 2. The second-order valence-corrected chi connectivity index (χ2v) is 9.83. The van der Waals surface area contributed by atoms with Crippen molar-refractivity contribution in [1.82, 2.24) is 4.98 Å². The summed E-state index contributed by atoms with van der Waals surface area (Å²) in [6.07, 6.45) is 0. The maximum absolute atomic E-state index is 12.9. The average Bonchev–Trinajstić information content (AvgIpc) is 2.98. The predicted octanol–water partition coefficient (Wildman–Crippen LogP) is 4.62. The summed E-state index contributed by atoms with van der Waals surface area (Å²) in [4.78, 5) is 16.5. The average molecular weight is 418 g/mol. The third kappa shape index (κ3) is 4.18. The molecule has 0 aliphatic carbocycles. The van der Waals surface area contributed by atoms with Crippen LogP contribution in [0, 0.1) is 26.7 Å². The van der Waals surface area contributed by atoms with E-state index in [1.807, 2.05) is 33.8 Å². The normalized spacial score (nSPS) is 11.8. The van der Waals surface area contributed by atoms with E-state index >= 15 is 0 Å². The van der Waals surface area contributed by atoms with Gasteiger partial charge in [0.05, 0.1) is 20.8 Å². The fourth-order valence-electron chi connectivity index (χ4n) is 2.73. The number of fused-ring (bicyclic) bond motifs is 1. The third-order valence-electron chi connectivity index (χ3n) is 4.48. The number of carbonyl (C=O) groups excluding carboxylic acids is 1. The van der Waals surface area contributed by atoms with Crippen LogP contribution in [-0.4, -0.2) is 19.3 Å². The molecular weight excluding hydrogens is 394 g/mol. The minimum atomic E-state index is -3.72. The molecule has 1 heterocycles. The fourth-order valence-corrected chi connectivity index (χ4v) is 4.94.